The average Bonchev–Trinajstić information content (AvgIpc) is 2.44. The fourth-order valence-corrected chi connectivity index (χ4v) is 2.36. The lowest BCUT2D eigenvalue weighted by molar-refractivity contribution is -0.274. The minimum Gasteiger partial charge on any atom is -0.406 e. The Labute approximate surface area is 144 Å². The second-order valence-electron chi connectivity index (χ2n) is 6.37. The molecule has 140 valence electrons. The van der Waals surface area contributed by atoms with E-state index in [2.05, 4.69) is 10.1 Å². The molecule has 1 aromatic carbocycles. The Balaban J connectivity index is 2.63. The largest absolute Gasteiger partial charge is 0.573 e. The third-order valence-electron chi connectivity index (χ3n) is 3.56. The van der Waals surface area contributed by atoms with E-state index in [1.54, 1.807) is 6.92 Å². The number of primary amides is 1. The number of alkyl halides is 3. The van der Waals surface area contributed by atoms with Gasteiger partial charge in [-0.25, -0.2) is 0 Å². The first-order valence-corrected chi connectivity index (χ1v) is 7.92. The predicted molar refractivity (Wildman–Crippen MR) is 86.7 cm³/mol. The molecule has 0 aromatic heterocycles. The molecule has 0 aliphatic heterocycles. The summed E-state index contributed by atoms with van der Waals surface area (Å²) in [5, 5.41) is 2.60. The van der Waals surface area contributed by atoms with Crippen molar-refractivity contribution in [1.82, 2.24) is 5.32 Å². The summed E-state index contributed by atoms with van der Waals surface area (Å²) in [7, 11) is 0. The first-order valence-electron chi connectivity index (χ1n) is 7.92. The van der Waals surface area contributed by atoms with Crippen LogP contribution in [0.4, 0.5) is 13.2 Å². The third-order valence-corrected chi connectivity index (χ3v) is 3.56. The second kappa shape index (κ2) is 8.73. The third kappa shape index (κ3) is 7.91. The number of carbonyl (C=O) groups excluding carboxylic acids is 2. The summed E-state index contributed by atoms with van der Waals surface area (Å²) in [4.78, 5) is 23.5. The zero-order chi connectivity index (χ0) is 19.2. The molecule has 25 heavy (non-hydrogen) atoms. The maximum Gasteiger partial charge on any atom is 0.573 e. The van der Waals surface area contributed by atoms with Crippen molar-refractivity contribution in [3.05, 3.63) is 29.8 Å². The molecule has 1 unspecified atom stereocenters. The molecule has 0 saturated carbocycles. The number of rotatable bonds is 8. The van der Waals surface area contributed by atoms with Gasteiger partial charge in [0.2, 0.25) is 11.8 Å². The van der Waals surface area contributed by atoms with Gasteiger partial charge in [0, 0.05) is 6.42 Å². The molecule has 0 saturated heterocycles. The molecule has 0 fully saturated rings. The number of nitrogens with two attached hydrogens (primary N) is 1. The molecule has 0 radical (unpaired) electrons. The number of hydrogen-bond acceptors (Lipinski definition) is 3. The van der Waals surface area contributed by atoms with Gasteiger partial charge in [-0.1, -0.05) is 32.9 Å². The highest BCUT2D eigenvalue weighted by Crippen LogP contribution is 2.26. The topological polar surface area (TPSA) is 81.4 Å². The summed E-state index contributed by atoms with van der Waals surface area (Å²) in [6, 6.07) is 4.60. The van der Waals surface area contributed by atoms with Crippen molar-refractivity contribution in [2.75, 3.05) is 0 Å². The van der Waals surface area contributed by atoms with Gasteiger partial charge in [-0.3, -0.25) is 9.59 Å². The first-order chi connectivity index (χ1) is 11.5. The van der Waals surface area contributed by atoms with E-state index >= 15 is 0 Å². The Morgan fingerprint density at radius 2 is 1.72 bits per heavy atom. The number of hydrogen-bond donors (Lipinski definition) is 2. The highest BCUT2D eigenvalue weighted by atomic mass is 19.4. The molecule has 1 rings (SSSR count). The van der Waals surface area contributed by atoms with E-state index < -0.39 is 18.3 Å². The lowest BCUT2D eigenvalue weighted by Gasteiger charge is -2.19. The number of nitrogens with one attached hydrogen (secondary N) is 1. The number of halogens is 3. The quantitative estimate of drug-likeness (QED) is 0.747. The van der Waals surface area contributed by atoms with Gasteiger partial charge in [0.15, 0.2) is 0 Å². The second-order valence-corrected chi connectivity index (χ2v) is 6.37. The van der Waals surface area contributed by atoms with Crippen molar-refractivity contribution < 1.29 is 27.5 Å². The van der Waals surface area contributed by atoms with Gasteiger partial charge in [0.05, 0.1) is 0 Å². The summed E-state index contributed by atoms with van der Waals surface area (Å²) in [6.45, 7) is 5.59. The van der Waals surface area contributed by atoms with Crippen molar-refractivity contribution in [3.63, 3.8) is 0 Å². The van der Waals surface area contributed by atoms with E-state index in [0.29, 0.717) is 12.0 Å². The number of ether oxygens (including phenoxy) is 1. The smallest absolute Gasteiger partial charge is 0.406 e. The Morgan fingerprint density at radius 3 is 2.16 bits per heavy atom. The molecule has 0 spiro atoms. The van der Waals surface area contributed by atoms with Crippen molar-refractivity contribution in [2.24, 2.45) is 11.7 Å². The molecule has 0 aliphatic rings. The Kier molecular flexibility index (Phi) is 7.26. The van der Waals surface area contributed by atoms with Crippen LogP contribution in [-0.2, 0) is 9.59 Å². The Hall–Kier alpha value is -2.25. The number of amides is 2. The molecular weight excluding hydrogens is 337 g/mol. The standard InChI is InChI=1S/C17H23F3N2O3/c1-10(2)8-14(16(21)24)22-15(23)9-11(3)12-4-6-13(7-5-12)25-17(18,19)20/h4-7,10-11,14H,8-9H2,1-3H3,(H2,21,24)(H,22,23)/t11?,14-/m0/s1. The maximum absolute atomic E-state index is 12.1. The molecule has 1 aromatic rings. The van der Waals surface area contributed by atoms with Gasteiger partial charge in [-0.05, 0) is 36.0 Å². The van der Waals surface area contributed by atoms with Gasteiger partial charge in [-0.15, -0.1) is 13.2 Å². The minimum atomic E-state index is -4.74. The minimum absolute atomic E-state index is 0.0847. The number of carbonyl (C=O) groups is 2. The molecule has 0 heterocycles. The van der Waals surface area contributed by atoms with E-state index in [4.69, 9.17) is 5.73 Å². The monoisotopic (exact) mass is 360 g/mol. The Morgan fingerprint density at radius 1 is 1.16 bits per heavy atom. The molecule has 5 nitrogen and oxygen atoms in total. The molecule has 0 aliphatic carbocycles. The predicted octanol–water partition coefficient (Wildman–Crippen LogP) is 3.10. The first kappa shape index (κ1) is 20.8. The van der Waals surface area contributed by atoms with Crippen LogP contribution in [0.3, 0.4) is 0 Å². The summed E-state index contributed by atoms with van der Waals surface area (Å²) >= 11 is 0. The van der Waals surface area contributed by atoms with Crippen LogP contribution in [0.15, 0.2) is 24.3 Å². The van der Waals surface area contributed by atoms with Crippen molar-refractivity contribution >= 4 is 11.8 Å². The van der Waals surface area contributed by atoms with E-state index in [-0.39, 0.29) is 29.9 Å². The molecule has 8 heteroatoms. The van der Waals surface area contributed by atoms with Crippen LogP contribution in [0.25, 0.3) is 0 Å². The van der Waals surface area contributed by atoms with Crippen molar-refractivity contribution in [1.29, 1.82) is 0 Å². The zero-order valence-corrected chi connectivity index (χ0v) is 14.4. The zero-order valence-electron chi connectivity index (χ0n) is 14.4. The normalized spacial score (nSPS) is 14.0. The molecule has 2 amide bonds. The summed E-state index contributed by atoms with van der Waals surface area (Å²) in [5.74, 6) is -1.31. The van der Waals surface area contributed by atoms with Gasteiger partial charge in [0.25, 0.3) is 0 Å². The number of benzene rings is 1. The van der Waals surface area contributed by atoms with Crippen LogP contribution in [0.1, 0.15) is 45.1 Å². The Bertz CT molecular complexity index is 586. The van der Waals surface area contributed by atoms with Crippen LogP contribution in [0, 0.1) is 5.92 Å². The van der Waals surface area contributed by atoms with Crippen LogP contribution in [0.2, 0.25) is 0 Å². The molecule has 2 atom stereocenters. The maximum atomic E-state index is 12.1. The lowest BCUT2D eigenvalue weighted by atomic mass is 9.96. The highest BCUT2D eigenvalue weighted by molar-refractivity contribution is 5.86. The lowest BCUT2D eigenvalue weighted by Crippen LogP contribution is -2.45. The van der Waals surface area contributed by atoms with Crippen molar-refractivity contribution in [3.8, 4) is 5.75 Å². The van der Waals surface area contributed by atoms with E-state index in [0.717, 1.165) is 0 Å². The highest BCUT2D eigenvalue weighted by Gasteiger charge is 2.31. The van der Waals surface area contributed by atoms with E-state index in [1.165, 1.54) is 24.3 Å². The van der Waals surface area contributed by atoms with Crippen LogP contribution in [-0.4, -0.2) is 24.2 Å². The van der Waals surface area contributed by atoms with Crippen molar-refractivity contribution in [2.45, 2.75) is 51.9 Å². The van der Waals surface area contributed by atoms with Gasteiger partial charge >= 0.3 is 6.36 Å². The summed E-state index contributed by atoms with van der Waals surface area (Å²) in [5.41, 5.74) is 5.97. The van der Waals surface area contributed by atoms with E-state index in [9.17, 15) is 22.8 Å². The molecular formula is C17H23F3N2O3. The van der Waals surface area contributed by atoms with E-state index in [1.807, 2.05) is 13.8 Å². The average molecular weight is 360 g/mol. The fraction of sp³-hybridized carbons (Fsp3) is 0.529. The van der Waals surface area contributed by atoms with Crippen LogP contribution >= 0.6 is 0 Å². The molecule has 3 N–H and O–H groups in total. The van der Waals surface area contributed by atoms with Crippen LogP contribution < -0.4 is 15.8 Å². The van der Waals surface area contributed by atoms with Crippen LogP contribution in [0.5, 0.6) is 5.75 Å². The fourth-order valence-electron chi connectivity index (χ4n) is 2.36. The summed E-state index contributed by atoms with van der Waals surface area (Å²) < 4.78 is 40.2. The van der Waals surface area contributed by atoms with Gasteiger partial charge < -0.3 is 15.8 Å². The SMILES string of the molecule is CC(C)C[C@H](NC(=O)CC(C)c1ccc(OC(F)(F)F)cc1)C(N)=O. The van der Waals surface area contributed by atoms with Gasteiger partial charge in [-0.2, -0.15) is 0 Å². The molecule has 0 bridgehead atoms. The van der Waals surface area contributed by atoms with Gasteiger partial charge in [0.1, 0.15) is 11.8 Å². The summed E-state index contributed by atoms with van der Waals surface area (Å²) in [6.07, 6.45) is -4.21.